The van der Waals surface area contributed by atoms with Gasteiger partial charge in [-0.25, -0.2) is 0 Å². The van der Waals surface area contributed by atoms with E-state index in [0.29, 0.717) is 5.02 Å². The van der Waals surface area contributed by atoms with Crippen molar-refractivity contribution in [1.29, 1.82) is 0 Å². The second-order valence-electron chi connectivity index (χ2n) is 3.29. The highest BCUT2D eigenvalue weighted by Gasteiger charge is 2.08. The normalized spacial score (nSPS) is 13.4. The topological polar surface area (TPSA) is 36.0 Å². The molecule has 1 aromatic carbocycles. The molecule has 1 heterocycles. The van der Waals surface area contributed by atoms with Crippen LogP contribution in [0.4, 0.5) is 0 Å². The van der Waals surface area contributed by atoms with Gasteiger partial charge in [0.2, 0.25) is 0 Å². The first kappa shape index (κ1) is 9.74. The van der Waals surface area contributed by atoms with Crippen LogP contribution in [0.25, 0.3) is 10.9 Å². The Kier molecular flexibility index (Phi) is 2.37. The lowest BCUT2D eigenvalue weighted by molar-refractivity contribution is 0.476. The van der Waals surface area contributed by atoms with Gasteiger partial charge in [-0.3, -0.25) is 0 Å². The summed E-state index contributed by atoms with van der Waals surface area (Å²) in [4.78, 5) is 3.16. The van der Waals surface area contributed by atoms with Gasteiger partial charge in [0.15, 0.2) is 0 Å². The summed E-state index contributed by atoms with van der Waals surface area (Å²) in [5.74, 6) is 0.169. The molecule has 1 atom stereocenters. The third-order valence-corrected chi connectivity index (χ3v) is 2.73. The maximum absolute atomic E-state index is 9.34. The highest BCUT2D eigenvalue weighted by molar-refractivity contribution is 7.80. The SMILES string of the molecule is CC(S)c1cc2c(Cl)cc(O)cc2[nH]1. The number of phenolic OH excluding ortho intramolecular Hbond substituents is 1. The smallest absolute Gasteiger partial charge is 0.119 e. The number of H-pyrrole nitrogens is 1. The molecule has 1 aromatic heterocycles. The predicted molar refractivity (Wildman–Crippen MR) is 62.4 cm³/mol. The largest absolute Gasteiger partial charge is 0.508 e. The lowest BCUT2D eigenvalue weighted by atomic mass is 10.2. The molecule has 0 radical (unpaired) electrons. The summed E-state index contributed by atoms with van der Waals surface area (Å²) in [5, 5.41) is 10.9. The molecule has 0 bridgehead atoms. The molecule has 4 heteroatoms. The highest BCUT2D eigenvalue weighted by Crippen LogP contribution is 2.31. The summed E-state index contributed by atoms with van der Waals surface area (Å²) >= 11 is 10.3. The zero-order valence-corrected chi connectivity index (χ0v) is 9.23. The number of aromatic hydroxyl groups is 1. The first-order chi connectivity index (χ1) is 6.58. The van der Waals surface area contributed by atoms with Crippen molar-refractivity contribution in [1.82, 2.24) is 4.98 Å². The van der Waals surface area contributed by atoms with Crippen LogP contribution in [0.5, 0.6) is 5.75 Å². The summed E-state index contributed by atoms with van der Waals surface area (Å²) in [6, 6.07) is 5.14. The van der Waals surface area contributed by atoms with E-state index in [1.54, 1.807) is 6.07 Å². The van der Waals surface area contributed by atoms with Crippen molar-refractivity contribution in [2.24, 2.45) is 0 Å². The lowest BCUT2D eigenvalue weighted by Gasteiger charge is -1.97. The van der Waals surface area contributed by atoms with E-state index in [2.05, 4.69) is 17.6 Å². The number of benzene rings is 1. The number of aromatic nitrogens is 1. The summed E-state index contributed by atoms with van der Waals surface area (Å²) in [5.41, 5.74) is 1.83. The number of halogens is 1. The Hall–Kier alpha value is -0.800. The van der Waals surface area contributed by atoms with Gasteiger partial charge in [-0.05, 0) is 19.1 Å². The second-order valence-corrected chi connectivity index (χ2v) is 4.47. The fourth-order valence-corrected chi connectivity index (χ4v) is 1.83. The molecular weight excluding hydrogens is 218 g/mol. The van der Waals surface area contributed by atoms with Gasteiger partial charge in [0.1, 0.15) is 5.75 Å². The number of thiol groups is 1. The van der Waals surface area contributed by atoms with Crippen LogP contribution in [-0.4, -0.2) is 10.1 Å². The number of aromatic amines is 1. The van der Waals surface area contributed by atoms with E-state index < -0.39 is 0 Å². The van der Waals surface area contributed by atoms with Crippen molar-refractivity contribution in [2.45, 2.75) is 12.2 Å². The lowest BCUT2D eigenvalue weighted by Crippen LogP contribution is -1.81. The van der Waals surface area contributed by atoms with Crippen molar-refractivity contribution in [3.05, 3.63) is 28.9 Å². The molecule has 2 N–H and O–H groups in total. The Balaban J connectivity index is 2.70. The Bertz CT molecular complexity index is 478. The number of nitrogens with one attached hydrogen (secondary N) is 1. The molecule has 2 rings (SSSR count). The monoisotopic (exact) mass is 227 g/mol. The molecule has 0 saturated heterocycles. The van der Waals surface area contributed by atoms with Gasteiger partial charge >= 0.3 is 0 Å². The van der Waals surface area contributed by atoms with Crippen LogP contribution < -0.4 is 0 Å². The van der Waals surface area contributed by atoms with Crippen LogP contribution in [0.3, 0.4) is 0 Å². The molecule has 14 heavy (non-hydrogen) atoms. The van der Waals surface area contributed by atoms with Gasteiger partial charge in [0.25, 0.3) is 0 Å². The van der Waals surface area contributed by atoms with Gasteiger partial charge in [-0.15, -0.1) is 0 Å². The third-order valence-electron chi connectivity index (χ3n) is 2.14. The average molecular weight is 228 g/mol. The van der Waals surface area contributed by atoms with Gasteiger partial charge in [0.05, 0.1) is 10.5 Å². The number of phenols is 1. The van der Waals surface area contributed by atoms with Crippen molar-refractivity contribution >= 4 is 35.1 Å². The first-order valence-electron chi connectivity index (χ1n) is 4.27. The summed E-state index contributed by atoms with van der Waals surface area (Å²) in [6.07, 6.45) is 0. The third kappa shape index (κ3) is 1.57. The second kappa shape index (κ2) is 3.41. The first-order valence-corrected chi connectivity index (χ1v) is 5.16. The van der Waals surface area contributed by atoms with Gasteiger partial charge in [-0.2, -0.15) is 12.6 Å². The number of rotatable bonds is 1. The summed E-state index contributed by atoms with van der Waals surface area (Å²) in [7, 11) is 0. The minimum Gasteiger partial charge on any atom is -0.508 e. The van der Waals surface area contributed by atoms with Crippen molar-refractivity contribution in [2.75, 3.05) is 0 Å². The summed E-state index contributed by atoms with van der Waals surface area (Å²) < 4.78 is 0. The maximum atomic E-state index is 9.34. The van der Waals surface area contributed by atoms with Crippen LogP contribution in [0, 0.1) is 0 Å². The number of hydrogen-bond donors (Lipinski definition) is 3. The zero-order chi connectivity index (χ0) is 10.3. The zero-order valence-electron chi connectivity index (χ0n) is 7.58. The quantitative estimate of drug-likeness (QED) is 0.641. The Morgan fingerprint density at radius 3 is 2.79 bits per heavy atom. The van der Waals surface area contributed by atoms with Crippen LogP contribution in [0.2, 0.25) is 5.02 Å². The van der Waals surface area contributed by atoms with Crippen LogP contribution in [0.1, 0.15) is 17.9 Å². The van der Waals surface area contributed by atoms with Crippen molar-refractivity contribution < 1.29 is 5.11 Å². The minimum atomic E-state index is 0.126. The fraction of sp³-hybridized carbons (Fsp3) is 0.200. The molecule has 2 nitrogen and oxygen atoms in total. The molecule has 0 aliphatic rings. The molecule has 74 valence electrons. The molecule has 0 aliphatic carbocycles. The summed E-state index contributed by atoms with van der Waals surface area (Å²) in [6.45, 7) is 1.97. The molecule has 0 spiro atoms. The molecule has 0 aliphatic heterocycles. The van der Waals surface area contributed by atoms with Gasteiger partial charge < -0.3 is 10.1 Å². The average Bonchev–Trinajstić information content (AvgIpc) is 2.47. The molecular formula is C10H10ClNOS. The fourth-order valence-electron chi connectivity index (χ4n) is 1.43. The van der Waals surface area contributed by atoms with E-state index >= 15 is 0 Å². The maximum Gasteiger partial charge on any atom is 0.119 e. The van der Waals surface area contributed by atoms with Crippen molar-refractivity contribution in [3.8, 4) is 5.75 Å². The molecule has 2 aromatic rings. The Labute approximate surface area is 92.3 Å². The molecule has 0 saturated carbocycles. The molecule has 0 amide bonds. The van der Waals surface area contributed by atoms with E-state index in [-0.39, 0.29) is 11.0 Å². The van der Waals surface area contributed by atoms with Crippen LogP contribution in [-0.2, 0) is 0 Å². The van der Waals surface area contributed by atoms with E-state index in [4.69, 9.17) is 11.6 Å². The predicted octanol–water partition coefficient (Wildman–Crippen LogP) is 3.52. The number of hydrogen-bond acceptors (Lipinski definition) is 2. The molecule has 1 unspecified atom stereocenters. The standard InChI is InChI=1S/C10H10ClNOS/c1-5(14)9-4-7-8(11)2-6(13)3-10(7)12-9/h2-5,12-14H,1H3. The van der Waals surface area contributed by atoms with E-state index in [1.165, 1.54) is 6.07 Å². The molecule has 0 fully saturated rings. The minimum absolute atomic E-state index is 0.126. The van der Waals surface area contributed by atoms with Crippen LogP contribution >= 0.6 is 24.2 Å². The Morgan fingerprint density at radius 1 is 1.43 bits per heavy atom. The van der Waals surface area contributed by atoms with Crippen LogP contribution in [0.15, 0.2) is 18.2 Å². The Morgan fingerprint density at radius 2 is 2.14 bits per heavy atom. The van der Waals surface area contributed by atoms with E-state index in [9.17, 15) is 5.11 Å². The van der Waals surface area contributed by atoms with E-state index in [1.807, 2.05) is 13.0 Å². The van der Waals surface area contributed by atoms with E-state index in [0.717, 1.165) is 16.6 Å². The number of fused-ring (bicyclic) bond motifs is 1. The van der Waals surface area contributed by atoms with Gasteiger partial charge in [0, 0.05) is 22.4 Å². The highest BCUT2D eigenvalue weighted by atomic mass is 35.5. The van der Waals surface area contributed by atoms with Gasteiger partial charge in [-0.1, -0.05) is 11.6 Å². The van der Waals surface area contributed by atoms with Crippen molar-refractivity contribution in [3.63, 3.8) is 0 Å².